The number of methoxy groups -OCH3 is 1. The standard InChI is InChI=1S/C37H36N2O7/c1-38-10-8-23-16-29-30-18-26(23)27(38)12-21-4-6-25(7-5-21)45-32-15-22(14-31-35(32)44-20-43-31)13-28-34-24(9-11-39(28)2)17-33(41-3)36(40)37(34,46-30)19-42-29/h4-7,14-18,27-28H,8-13,19-20H2,1-3H3/t27-,28-,37-/m1/s1. The molecule has 7 bridgehead atoms. The van der Waals surface area contributed by atoms with Crippen LogP contribution in [0, 0.1) is 0 Å². The molecule has 9 nitrogen and oxygen atoms in total. The second-order valence-electron chi connectivity index (χ2n) is 13.2. The van der Waals surface area contributed by atoms with Crippen molar-refractivity contribution < 1.29 is 33.2 Å². The van der Waals surface area contributed by atoms with Gasteiger partial charge in [0.15, 0.2) is 28.8 Å². The van der Waals surface area contributed by atoms with E-state index in [-0.39, 0.29) is 31.3 Å². The molecule has 0 aromatic heterocycles. The van der Waals surface area contributed by atoms with Gasteiger partial charge in [-0.3, -0.25) is 14.6 Å². The summed E-state index contributed by atoms with van der Waals surface area (Å²) in [7, 11) is 5.83. The predicted molar refractivity (Wildman–Crippen MR) is 169 cm³/mol. The third kappa shape index (κ3) is 4.18. The van der Waals surface area contributed by atoms with Crippen LogP contribution in [-0.4, -0.2) is 74.9 Å². The van der Waals surface area contributed by atoms with Gasteiger partial charge >= 0.3 is 0 Å². The summed E-state index contributed by atoms with van der Waals surface area (Å²) < 4.78 is 37.5. The molecule has 6 aliphatic heterocycles. The third-order valence-electron chi connectivity index (χ3n) is 10.5. The van der Waals surface area contributed by atoms with Crippen molar-refractivity contribution in [2.75, 3.05) is 47.7 Å². The van der Waals surface area contributed by atoms with Crippen LogP contribution in [0.4, 0.5) is 0 Å². The molecule has 0 saturated carbocycles. The molecule has 0 saturated heterocycles. The number of ketones is 1. The van der Waals surface area contributed by atoms with Crippen LogP contribution in [0.15, 0.2) is 71.5 Å². The number of fused-ring (bicyclic) bond motifs is 3. The van der Waals surface area contributed by atoms with E-state index in [1.54, 1.807) is 7.11 Å². The first-order valence-corrected chi connectivity index (χ1v) is 16.0. The maximum Gasteiger partial charge on any atom is 0.248 e. The molecular weight excluding hydrogens is 584 g/mol. The minimum atomic E-state index is -1.36. The number of carbonyl (C=O) groups is 1. The SMILES string of the molecule is COC1=CC2=C3[C@@H](Cc4cc5c(c(c4)Oc4ccc(cc4)C[C@@H]4c6cc7c(cc6CCN4C)OC[C@]3(O7)C1=O)OCO5)N(C)CC2. The van der Waals surface area contributed by atoms with Crippen molar-refractivity contribution >= 4 is 5.78 Å². The first kappa shape index (κ1) is 27.8. The van der Waals surface area contributed by atoms with Crippen LogP contribution in [0.1, 0.15) is 34.7 Å². The Labute approximate surface area is 267 Å². The highest BCUT2D eigenvalue weighted by Gasteiger charge is 2.56. The van der Waals surface area contributed by atoms with Gasteiger partial charge in [0.2, 0.25) is 23.9 Å². The molecule has 0 N–H and O–H groups in total. The van der Waals surface area contributed by atoms with Gasteiger partial charge in [-0.25, -0.2) is 0 Å². The topological polar surface area (TPSA) is 78.9 Å². The Morgan fingerprint density at radius 3 is 2.46 bits per heavy atom. The molecule has 236 valence electrons. The highest BCUT2D eigenvalue weighted by atomic mass is 16.7. The van der Waals surface area contributed by atoms with Gasteiger partial charge in [0.05, 0.1) is 7.11 Å². The van der Waals surface area contributed by atoms with Crippen LogP contribution in [0.3, 0.4) is 0 Å². The molecule has 3 aromatic carbocycles. The van der Waals surface area contributed by atoms with Gasteiger partial charge in [0.1, 0.15) is 12.4 Å². The van der Waals surface area contributed by atoms with E-state index in [0.29, 0.717) is 40.9 Å². The van der Waals surface area contributed by atoms with Gasteiger partial charge < -0.3 is 28.4 Å². The fraction of sp³-hybridized carbons (Fsp3) is 0.378. The summed E-state index contributed by atoms with van der Waals surface area (Å²) in [5, 5.41) is 0. The van der Waals surface area contributed by atoms with E-state index in [0.717, 1.165) is 54.8 Å². The lowest BCUT2D eigenvalue weighted by Crippen LogP contribution is -2.61. The largest absolute Gasteiger partial charge is 0.493 e. The number of allylic oxidation sites excluding steroid dienone is 1. The number of likely N-dealkylation sites (N-methyl/N-ethyl adjacent to an activating group) is 2. The summed E-state index contributed by atoms with van der Waals surface area (Å²) in [6.45, 7) is 1.97. The van der Waals surface area contributed by atoms with Crippen LogP contribution in [-0.2, 0) is 28.8 Å². The lowest BCUT2D eigenvalue weighted by atomic mass is 9.72. The Morgan fingerprint density at radius 2 is 1.61 bits per heavy atom. The Morgan fingerprint density at radius 1 is 0.826 bits per heavy atom. The van der Waals surface area contributed by atoms with Crippen LogP contribution in [0.25, 0.3) is 0 Å². The Hall–Kier alpha value is -4.47. The fourth-order valence-corrected chi connectivity index (χ4v) is 8.08. The Kier molecular flexibility index (Phi) is 6.21. The van der Waals surface area contributed by atoms with E-state index in [9.17, 15) is 4.79 Å². The molecular formula is C37H36N2O7. The average molecular weight is 621 g/mol. The third-order valence-corrected chi connectivity index (χ3v) is 10.5. The predicted octanol–water partition coefficient (Wildman–Crippen LogP) is 5.16. The van der Waals surface area contributed by atoms with Crippen LogP contribution < -0.4 is 23.7 Å². The van der Waals surface area contributed by atoms with Crippen LogP contribution >= 0.6 is 0 Å². The minimum absolute atomic E-state index is 0.0756. The minimum Gasteiger partial charge on any atom is -0.493 e. The van der Waals surface area contributed by atoms with Gasteiger partial charge in [-0.2, -0.15) is 0 Å². The first-order chi connectivity index (χ1) is 22.4. The monoisotopic (exact) mass is 620 g/mol. The molecule has 6 heterocycles. The molecule has 0 fully saturated rings. The second-order valence-corrected chi connectivity index (χ2v) is 13.2. The van der Waals surface area contributed by atoms with Crippen molar-refractivity contribution in [3.8, 4) is 34.5 Å². The van der Waals surface area contributed by atoms with Crippen molar-refractivity contribution in [3.05, 3.63) is 93.8 Å². The van der Waals surface area contributed by atoms with Crippen molar-refractivity contribution in [1.82, 2.24) is 9.80 Å². The van der Waals surface area contributed by atoms with Gasteiger partial charge in [0, 0.05) is 30.7 Å². The normalized spacial score (nSPS) is 26.3. The Balaban J connectivity index is 1.26. The number of Topliss-reactive ketones (excluding diaryl/α,β-unsaturated/α-hetero) is 1. The maximum absolute atomic E-state index is 14.5. The summed E-state index contributed by atoms with van der Waals surface area (Å²) in [5.41, 5.74) is 5.30. The van der Waals surface area contributed by atoms with Crippen molar-refractivity contribution in [2.24, 2.45) is 0 Å². The summed E-state index contributed by atoms with van der Waals surface area (Å²) >= 11 is 0. The summed E-state index contributed by atoms with van der Waals surface area (Å²) in [6, 6.07) is 16.6. The molecule has 46 heavy (non-hydrogen) atoms. The number of rotatable bonds is 1. The molecule has 9 heteroatoms. The lowest BCUT2D eigenvalue weighted by molar-refractivity contribution is -0.136. The van der Waals surface area contributed by atoms with Crippen LogP contribution in [0.5, 0.6) is 34.5 Å². The van der Waals surface area contributed by atoms with E-state index in [2.05, 4.69) is 48.2 Å². The molecule has 0 amide bonds. The quantitative estimate of drug-likeness (QED) is 0.367. The first-order valence-electron chi connectivity index (χ1n) is 16.0. The number of carbonyl (C=O) groups excluding carboxylic acids is 1. The zero-order chi connectivity index (χ0) is 31.2. The molecule has 3 atom stereocenters. The number of hydrogen-bond acceptors (Lipinski definition) is 9. The zero-order valence-electron chi connectivity index (χ0n) is 26.3. The van der Waals surface area contributed by atoms with E-state index in [1.807, 2.05) is 30.3 Å². The van der Waals surface area contributed by atoms with E-state index in [1.165, 1.54) is 16.7 Å². The lowest BCUT2D eigenvalue weighted by Gasteiger charge is -2.48. The van der Waals surface area contributed by atoms with Gasteiger partial charge in [-0.05, 0) is 110 Å². The van der Waals surface area contributed by atoms with Crippen molar-refractivity contribution in [1.29, 1.82) is 0 Å². The fourth-order valence-electron chi connectivity index (χ4n) is 8.08. The van der Waals surface area contributed by atoms with Gasteiger partial charge in [-0.15, -0.1) is 0 Å². The second kappa shape index (κ2) is 10.3. The van der Waals surface area contributed by atoms with E-state index < -0.39 is 5.60 Å². The van der Waals surface area contributed by atoms with Crippen molar-refractivity contribution in [3.63, 3.8) is 0 Å². The molecule has 1 spiro atoms. The summed E-state index contributed by atoms with van der Waals surface area (Å²) in [6.07, 6.45) is 5.00. The van der Waals surface area contributed by atoms with Gasteiger partial charge in [0.25, 0.3) is 0 Å². The van der Waals surface area contributed by atoms with Gasteiger partial charge in [-0.1, -0.05) is 12.1 Å². The van der Waals surface area contributed by atoms with E-state index in [4.69, 9.17) is 28.4 Å². The zero-order valence-corrected chi connectivity index (χ0v) is 26.3. The number of hydrogen-bond donors (Lipinski definition) is 0. The maximum atomic E-state index is 14.5. The summed E-state index contributed by atoms with van der Waals surface area (Å²) in [4.78, 5) is 19.2. The summed E-state index contributed by atoms with van der Waals surface area (Å²) in [5.74, 6) is 3.97. The molecule has 0 radical (unpaired) electrons. The van der Waals surface area contributed by atoms with Crippen LogP contribution in [0.2, 0.25) is 0 Å². The molecule has 7 aliphatic rings. The average Bonchev–Trinajstić information content (AvgIpc) is 3.54. The number of benzene rings is 3. The molecule has 10 rings (SSSR count). The molecule has 0 unspecified atom stereocenters. The molecule has 1 aliphatic carbocycles. The van der Waals surface area contributed by atoms with E-state index >= 15 is 0 Å². The number of nitrogens with zero attached hydrogens (tertiary/aromatic N) is 2. The Bertz CT molecular complexity index is 1850. The highest BCUT2D eigenvalue weighted by Crippen LogP contribution is 2.50. The highest BCUT2D eigenvalue weighted by molar-refractivity contribution is 6.05. The smallest absolute Gasteiger partial charge is 0.248 e. The van der Waals surface area contributed by atoms with Crippen molar-refractivity contribution in [2.45, 2.75) is 43.4 Å². The molecule has 3 aromatic rings. The number of ether oxygens (including phenoxy) is 6.